The Hall–Kier alpha value is -1.85. The van der Waals surface area contributed by atoms with Gasteiger partial charge in [-0.15, -0.1) is 0 Å². The highest BCUT2D eigenvalue weighted by Gasteiger charge is 2.36. The number of amides is 1. The van der Waals surface area contributed by atoms with E-state index in [0.717, 1.165) is 0 Å². The van der Waals surface area contributed by atoms with Gasteiger partial charge in [-0.05, 0) is 5.92 Å². The van der Waals surface area contributed by atoms with E-state index >= 15 is 0 Å². The Kier molecular flexibility index (Phi) is 3.64. The number of aromatic nitrogens is 2. The van der Waals surface area contributed by atoms with Crippen molar-refractivity contribution >= 4 is 11.9 Å². The van der Waals surface area contributed by atoms with Crippen molar-refractivity contribution in [3.05, 3.63) is 18.7 Å². The van der Waals surface area contributed by atoms with Crippen LogP contribution in [0.15, 0.2) is 18.7 Å². The number of aryl methyl sites for hydroxylation is 1. The predicted octanol–water partition coefficient (Wildman–Crippen LogP) is 0.452. The van der Waals surface area contributed by atoms with E-state index in [0.29, 0.717) is 26.1 Å². The fourth-order valence-electron chi connectivity index (χ4n) is 2.29. The molecule has 0 aliphatic carbocycles. The molecule has 0 saturated carbocycles. The fourth-order valence-corrected chi connectivity index (χ4v) is 2.29. The molecule has 1 saturated heterocycles. The minimum absolute atomic E-state index is 0.0132. The Balaban J connectivity index is 1.85. The van der Waals surface area contributed by atoms with Gasteiger partial charge in [-0.3, -0.25) is 9.59 Å². The van der Waals surface area contributed by atoms with Crippen LogP contribution in [0.1, 0.15) is 13.3 Å². The molecule has 18 heavy (non-hydrogen) atoms. The van der Waals surface area contributed by atoms with Crippen molar-refractivity contribution in [3.8, 4) is 0 Å². The first-order chi connectivity index (χ1) is 8.58. The van der Waals surface area contributed by atoms with Crippen molar-refractivity contribution < 1.29 is 14.7 Å². The number of aliphatic carboxylic acids is 1. The van der Waals surface area contributed by atoms with Crippen LogP contribution in [0.4, 0.5) is 0 Å². The molecular formula is C12H17N3O3. The molecular weight excluding hydrogens is 234 g/mol. The Morgan fingerprint density at radius 3 is 2.78 bits per heavy atom. The molecule has 2 heterocycles. The van der Waals surface area contributed by atoms with E-state index < -0.39 is 11.9 Å². The van der Waals surface area contributed by atoms with Crippen molar-refractivity contribution in [1.29, 1.82) is 0 Å². The molecule has 0 aromatic carbocycles. The van der Waals surface area contributed by atoms with Gasteiger partial charge in [-0.25, -0.2) is 4.98 Å². The van der Waals surface area contributed by atoms with Crippen LogP contribution in [-0.4, -0.2) is 44.5 Å². The maximum absolute atomic E-state index is 12.0. The number of carboxylic acid groups (broad SMARTS) is 1. The lowest BCUT2D eigenvalue weighted by Gasteiger charge is -2.15. The van der Waals surface area contributed by atoms with E-state index in [2.05, 4.69) is 4.98 Å². The number of carbonyl (C=O) groups is 2. The highest BCUT2D eigenvalue weighted by Crippen LogP contribution is 2.23. The van der Waals surface area contributed by atoms with Crippen LogP contribution < -0.4 is 0 Å². The summed E-state index contributed by atoms with van der Waals surface area (Å²) in [6.07, 6.45) is 5.53. The van der Waals surface area contributed by atoms with Gasteiger partial charge in [0.1, 0.15) is 0 Å². The van der Waals surface area contributed by atoms with Crippen LogP contribution in [0.2, 0.25) is 0 Å². The summed E-state index contributed by atoms with van der Waals surface area (Å²) < 4.78 is 1.84. The smallest absolute Gasteiger partial charge is 0.308 e. The predicted molar refractivity (Wildman–Crippen MR) is 63.7 cm³/mol. The number of rotatable bonds is 4. The summed E-state index contributed by atoms with van der Waals surface area (Å²) in [5, 5.41) is 9.01. The molecule has 6 heteroatoms. The summed E-state index contributed by atoms with van der Waals surface area (Å²) in [4.78, 5) is 28.5. The summed E-state index contributed by atoms with van der Waals surface area (Å²) in [6, 6.07) is 0. The van der Waals surface area contributed by atoms with Gasteiger partial charge in [0.25, 0.3) is 0 Å². The lowest BCUT2D eigenvalue weighted by atomic mass is 9.99. The average molecular weight is 251 g/mol. The lowest BCUT2D eigenvalue weighted by Crippen LogP contribution is -2.30. The highest BCUT2D eigenvalue weighted by atomic mass is 16.4. The van der Waals surface area contributed by atoms with Crippen LogP contribution in [-0.2, 0) is 16.1 Å². The van der Waals surface area contributed by atoms with Gasteiger partial charge >= 0.3 is 5.97 Å². The Morgan fingerprint density at radius 1 is 1.44 bits per heavy atom. The Bertz CT molecular complexity index is 430. The molecule has 1 amide bonds. The van der Waals surface area contributed by atoms with Gasteiger partial charge < -0.3 is 14.6 Å². The molecule has 1 aromatic rings. The second-order valence-electron chi connectivity index (χ2n) is 4.77. The van der Waals surface area contributed by atoms with Crippen molar-refractivity contribution in [3.63, 3.8) is 0 Å². The zero-order valence-corrected chi connectivity index (χ0v) is 10.3. The second kappa shape index (κ2) is 5.20. The van der Waals surface area contributed by atoms with Crippen molar-refractivity contribution in [2.75, 3.05) is 13.1 Å². The molecule has 0 unspecified atom stereocenters. The van der Waals surface area contributed by atoms with Crippen molar-refractivity contribution in [2.45, 2.75) is 19.9 Å². The number of imidazole rings is 1. The maximum Gasteiger partial charge on any atom is 0.308 e. The maximum atomic E-state index is 12.0. The molecule has 1 aromatic heterocycles. The number of hydrogen-bond acceptors (Lipinski definition) is 3. The summed E-state index contributed by atoms with van der Waals surface area (Å²) >= 11 is 0. The van der Waals surface area contributed by atoms with Crippen LogP contribution in [0.25, 0.3) is 0 Å². The number of carboxylic acids is 1. The monoisotopic (exact) mass is 251 g/mol. The topological polar surface area (TPSA) is 75.4 Å². The quantitative estimate of drug-likeness (QED) is 0.843. The van der Waals surface area contributed by atoms with E-state index in [-0.39, 0.29) is 11.8 Å². The van der Waals surface area contributed by atoms with Gasteiger partial charge in [0.15, 0.2) is 0 Å². The number of likely N-dealkylation sites (tertiary alicyclic amines) is 1. The normalized spacial score (nSPS) is 23.3. The average Bonchev–Trinajstić information content (AvgIpc) is 2.94. The Labute approximate surface area is 105 Å². The Morgan fingerprint density at radius 2 is 2.22 bits per heavy atom. The van der Waals surface area contributed by atoms with Gasteiger partial charge in [0, 0.05) is 38.4 Å². The van der Waals surface area contributed by atoms with Crippen molar-refractivity contribution in [2.24, 2.45) is 11.8 Å². The first kappa shape index (κ1) is 12.6. The number of nitrogens with zero attached hydrogens (tertiary/aromatic N) is 3. The highest BCUT2D eigenvalue weighted by molar-refractivity contribution is 5.78. The van der Waals surface area contributed by atoms with Gasteiger partial charge in [0.05, 0.1) is 12.2 Å². The first-order valence-corrected chi connectivity index (χ1v) is 6.04. The molecule has 0 bridgehead atoms. The number of carbonyl (C=O) groups excluding carboxylic acids is 1. The van der Waals surface area contributed by atoms with E-state index in [4.69, 9.17) is 5.11 Å². The molecule has 1 aliphatic rings. The molecule has 2 atom stereocenters. The first-order valence-electron chi connectivity index (χ1n) is 6.04. The van der Waals surface area contributed by atoms with E-state index in [1.807, 2.05) is 11.5 Å². The molecule has 0 radical (unpaired) electrons. The van der Waals surface area contributed by atoms with Crippen LogP contribution in [0, 0.1) is 11.8 Å². The zero-order chi connectivity index (χ0) is 13.1. The minimum Gasteiger partial charge on any atom is -0.481 e. The largest absolute Gasteiger partial charge is 0.481 e. The van der Waals surface area contributed by atoms with Crippen molar-refractivity contribution in [1.82, 2.24) is 14.5 Å². The summed E-state index contributed by atoms with van der Waals surface area (Å²) in [5.41, 5.74) is 0. The second-order valence-corrected chi connectivity index (χ2v) is 4.77. The molecule has 0 spiro atoms. The third kappa shape index (κ3) is 2.69. The standard InChI is InChI=1S/C12H17N3O3/c1-9-6-15(7-10(9)12(17)18)11(16)2-4-14-5-3-13-8-14/h3,5,8-10H,2,4,6-7H2,1H3,(H,17,18)/t9-,10-/m1/s1. The third-order valence-corrected chi connectivity index (χ3v) is 3.43. The zero-order valence-electron chi connectivity index (χ0n) is 10.3. The lowest BCUT2D eigenvalue weighted by molar-refractivity contribution is -0.142. The number of hydrogen-bond donors (Lipinski definition) is 1. The fraction of sp³-hybridized carbons (Fsp3) is 0.583. The van der Waals surface area contributed by atoms with Gasteiger partial charge in [0.2, 0.25) is 5.91 Å². The molecule has 1 fully saturated rings. The van der Waals surface area contributed by atoms with Crippen LogP contribution >= 0.6 is 0 Å². The molecule has 1 N–H and O–H groups in total. The third-order valence-electron chi connectivity index (χ3n) is 3.43. The molecule has 2 rings (SSSR count). The summed E-state index contributed by atoms with van der Waals surface area (Å²) in [6.45, 7) is 3.34. The van der Waals surface area contributed by atoms with Gasteiger partial charge in [-0.1, -0.05) is 6.92 Å². The molecule has 98 valence electrons. The van der Waals surface area contributed by atoms with Crippen LogP contribution in [0.5, 0.6) is 0 Å². The van der Waals surface area contributed by atoms with Crippen LogP contribution in [0.3, 0.4) is 0 Å². The molecule has 6 nitrogen and oxygen atoms in total. The summed E-state index contributed by atoms with van der Waals surface area (Å²) in [7, 11) is 0. The van der Waals surface area contributed by atoms with Gasteiger partial charge in [-0.2, -0.15) is 0 Å². The van der Waals surface area contributed by atoms with E-state index in [1.54, 1.807) is 23.6 Å². The summed E-state index contributed by atoms with van der Waals surface area (Å²) in [5.74, 6) is -1.20. The van der Waals surface area contributed by atoms with E-state index in [1.165, 1.54) is 0 Å². The SMILES string of the molecule is C[C@@H]1CN(C(=O)CCn2ccnc2)C[C@H]1C(=O)O. The van der Waals surface area contributed by atoms with E-state index in [9.17, 15) is 9.59 Å². The minimum atomic E-state index is -0.813. The molecule has 1 aliphatic heterocycles.